The number of ether oxygens (including phenoxy) is 1. The lowest BCUT2D eigenvalue weighted by Crippen LogP contribution is -2.22. The Morgan fingerprint density at radius 3 is 2.46 bits per heavy atom. The standard InChI is InChI=1S/C21H22O2S/c1-21(2,3)22-18-11-6-8-16(14-18)15-24-23-20-13-7-10-17-9-4-5-12-19(17)20/h4-14H,15H2,1-3H3. The highest BCUT2D eigenvalue weighted by Crippen LogP contribution is 2.29. The van der Waals surface area contributed by atoms with E-state index in [1.807, 2.05) is 36.4 Å². The van der Waals surface area contributed by atoms with Gasteiger partial charge < -0.3 is 8.92 Å². The summed E-state index contributed by atoms with van der Waals surface area (Å²) in [6.45, 7) is 6.16. The Bertz CT molecular complexity index is 816. The van der Waals surface area contributed by atoms with Gasteiger partial charge in [0.25, 0.3) is 0 Å². The zero-order valence-electron chi connectivity index (χ0n) is 14.3. The van der Waals surface area contributed by atoms with E-state index in [2.05, 4.69) is 51.1 Å². The van der Waals surface area contributed by atoms with E-state index >= 15 is 0 Å². The van der Waals surface area contributed by atoms with Gasteiger partial charge in [-0.1, -0.05) is 48.5 Å². The first-order chi connectivity index (χ1) is 11.5. The summed E-state index contributed by atoms with van der Waals surface area (Å²) in [6.07, 6.45) is 0. The molecule has 0 unspecified atom stereocenters. The molecule has 0 amide bonds. The second-order valence-corrected chi connectivity index (χ2v) is 7.38. The van der Waals surface area contributed by atoms with Gasteiger partial charge >= 0.3 is 0 Å². The third kappa shape index (κ3) is 4.45. The molecular weight excluding hydrogens is 316 g/mol. The van der Waals surface area contributed by atoms with E-state index in [1.165, 1.54) is 23.0 Å². The molecule has 0 aliphatic carbocycles. The first-order valence-electron chi connectivity index (χ1n) is 8.06. The molecule has 2 nitrogen and oxygen atoms in total. The fraction of sp³-hybridized carbons (Fsp3) is 0.238. The minimum Gasteiger partial charge on any atom is -0.488 e. The van der Waals surface area contributed by atoms with E-state index in [0.717, 1.165) is 22.6 Å². The van der Waals surface area contributed by atoms with Gasteiger partial charge in [0.15, 0.2) is 0 Å². The molecule has 0 fully saturated rings. The highest BCUT2D eigenvalue weighted by atomic mass is 32.2. The molecule has 0 aromatic heterocycles. The van der Waals surface area contributed by atoms with Crippen molar-refractivity contribution >= 4 is 22.8 Å². The van der Waals surface area contributed by atoms with Crippen LogP contribution in [-0.2, 0) is 5.75 Å². The molecule has 3 aromatic rings. The molecule has 0 N–H and O–H groups in total. The van der Waals surface area contributed by atoms with Gasteiger partial charge in [0.1, 0.15) is 17.1 Å². The Balaban J connectivity index is 1.65. The van der Waals surface area contributed by atoms with Gasteiger partial charge in [0.05, 0.1) is 17.8 Å². The molecule has 0 bridgehead atoms. The molecule has 0 heterocycles. The van der Waals surface area contributed by atoms with Crippen LogP contribution in [0.2, 0.25) is 0 Å². The van der Waals surface area contributed by atoms with Crippen LogP contribution in [0.15, 0.2) is 66.7 Å². The van der Waals surface area contributed by atoms with Crippen molar-refractivity contribution in [2.45, 2.75) is 32.1 Å². The molecule has 24 heavy (non-hydrogen) atoms. The molecule has 124 valence electrons. The summed E-state index contributed by atoms with van der Waals surface area (Å²) in [4.78, 5) is 0. The van der Waals surface area contributed by atoms with Gasteiger partial charge in [-0.15, -0.1) is 0 Å². The summed E-state index contributed by atoms with van der Waals surface area (Å²) >= 11 is 1.45. The maximum atomic E-state index is 5.94. The second kappa shape index (κ2) is 7.18. The molecule has 0 radical (unpaired) electrons. The van der Waals surface area contributed by atoms with Gasteiger partial charge in [-0.25, -0.2) is 0 Å². The molecule has 3 rings (SSSR count). The number of hydrogen-bond donors (Lipinski definition) is 0. The molecule has 0 aliphatic rings. The second-order valence-electron chi connectivity index (χ2n) is 6.68. The molecule has 3 heteroatoms. The third-order valence-corrected chi connectivity index (χ3v) is 4.20. The Morgan fingerprint density at radius 1 is 0.875 bits per heavy atom. The molecule has 0 aliphatic heterocycles. The van der Waals surface area contributed by atoms with Gasteiger partial charge in [0.2, 0.25) is 0 Å². The van der Waals surface area contributed by atoms with Crippen molar-refractivity contribution in [3.8, 4) is 11.5 Å². The maximum absolute atomic E-state index is 5.94. The Kier molecular flexibility index (Phi) is 5.00. The smallest absolute Gasteiger partial charge is 0.145 e. The molecule has 3 aromatic carbocycles. The lowest BCUT2D eigenvalue weighted by atomic mass is 10.1. The molecule has 0 atom stereocenters. The fourth-order valence-corrected chi connectivity index (χ4v) is 3.13. The molecule has 0 spiro atoms. The van der Waals surface area contributed by atoms with E-state index in [9.17, 15) is 0 Å². The Labute approximate surface area is 148 Å². The highest BCUT2D eigenvalue weighted by Gasteiger charge is 2.12. The summed E-state index contributed by atoms with van der Waals surface area (Å²) in [5.74, 6) is 2.57. The van der Waals surface area contributed by atoms with Crippen LogP contribution in [-0.4, -0.2) is 5.60 Å². The first kappa shape index (κ1) is 16.7. The third-order valence-electron chi connectivity index (χ3n) is 3.45. The predicted octanol–water partition coefficient (Wildman–Crippen LogP) is 6.24. The van der Waals surface area contributed by atoms with Crippen molar-refractivity contribution in [3.05, 3.63) is 72.3 Å². The van der Waals surface area contributed by atoms with Crippen LogP contribution in [0.1, 0.15) is 26.3 Å². The van der Waals surface area contributed by atoms with Crippen molar-refractivity contribution < 1.29 is 8.92 Å². The van der Waals surface area contributed by atoms with Gasteiger partial charge in [-0.05, 0) is 49.9 Å². The zero-order chi connectivity index (χ0) is 17.0. The van der Waals surface area contributed by atoms with E-state index in [1.54, 1.807) is 0 Å². The Hall–Kier alpha value is -2.13. The number of fused-ring (bicyclic) bond motifs is 1. The van der Waals surface area contributed by atoms with Crippen molar-refractivity contribution in [2.75, 3.05) is 0 Å². The maximum Gasteiger partial charge on any atom is 0.145 e. The first-order valence-corrected chi connectivity index (χ1v) is 8.97. The van der Waals surface area contributed by atoms with Gasteiger partial charge in [0, 0.05) is 5.39 Å². The highest BCUT2D eigenvalue weighted by molar-refractivity contribution is 7.94. The zero-order valence-corrected chi connectivity index (χ0v) is 15.1. The largest absolute Gasteiger partial charge is 0.488 e. The minimum atomic E-state index is -0.189. The Morgan fingerprint density at radius 2 is 1.62 bits per heavy atom. The van der Waals surface area contributed by atoms with Crippen molar-refractivity contribution in [2.24, 2.45) is 0 Å². The van der Waals surface area contributed by atoms with Crippen LogP contribution in [0.25, 0.3) is 10.8 Å². The van der Waals surface area contributed by atoms with Crippen molar-refractivity contribution in [1.29, 1.82) is 0 Å². The molecule has 0 saturated carbocycles. The van der Waals surface area contributed by atoms with Crippen LogP contribution >= 0.6 is 12.0 Å². The van der Waals surface area contributed by atoms with E-state index in [-0.39, 0.29) is 5.60 Å². The topological polar surface area (TPSA) is 18.5 Å². The van der Waals surface area contributed by atoms with E-state index in [0.29, 0.717) is 0 Å². The minimum absolute atomic E-state index is 0.189. The average Bonchev–Trinajstić information content (AvgIpc) is 2.54. The van der Waals surface area contributed by atoms with Crippen LogP contribution in [0.4, 0.5) is 0 Å². The number of hydrogen-bond acceptors (Lipinski definition) is 3. The van der Waals surface area contributed by atoms with Crippen LogP contribution in [0, 0.1) is 0 Å². The fourth-order valence-electron chi connectivity index (χ4n) is 2.48. The lowest BCUT2D eigenvalue weighted by Gasteiger charge is -2.21. The quantitative estimate of drug-likeness (QED) is 0.513. The van der Waals surface area contributed by atoms with Crippen LogP contribution in [0.5, 0.6) is 11.5 Å². The van der Waals surface area contributed by atoms with Crippen molar-refractivity contribution in [3.63, 3.8) is 0 Å². The molecular formula is C21H22O2S. The van der Waals surface area contributed by atoms with Gasteiger partial charge in [-0.3, -0.25) is 0 Å². The lowest BCUT2D eigenvalue weighted by molar-refractivity contribution is 0.131. The van der Waals surface area contributed by atoms with Crippen LogP contribution < -0.4 is 8.92 Å². The average molecular weight is 338 g/mol. The van der Waals surface area contributed by atoms with E-state index < -0.39 is 0 Å². The summed E-state index contributed by atoms with van der Waals surface area (Å²) in [5.41, 5.74) is 0.993. The number of rotatable bonds is 5. The SMILES string of the molecule is CC(C)(C)Oc1cccc(CSOc2cccc3ccccc23)c1. The summed E-state index contributed by atoms with van der Waals surface area (Å²) in [7, 11) is 0. The predicted molar refractivity (Wildman–Crippen MR) is 103 cm³/mol. The molecule has 0 saturated heterocycles. The summed E-state index contributed by atoms with van der Waals surface area (Å²) < 4.78 is 11.9. The number of benzene rings is 3. The normalized spacial score (nSPS) is 11.5. The monoisotopic (exact) mass is 338 g/mol. The summed E-state index contributed by atoms with van der Waals surface area (Å²) in [6, 6.07) is 22.6. The van der Waals surface area contributed by atoms with Gasteiger partial charge in [-0.2, -0.15) is 0 Å². The van der Waals surface area contributed by atoms with Crippen LogP contribution in [0.3, 0.4) is 0 Å². The van der Waals surface area contributed by atoms with E-state index in [4.69, 9.17) is 8.92 Å². The van der Waals surface area contributed by atoms with Crippen molar-refractivity contribution in [1.82, 2.24) is 0 Å². The summed E-state index contributed by atoms with van der Waals surface area (Å²) in [5, 5.41) is 2.33.